The van der Waals surface area contributed by atoms with Crippen molar-refractivity contribution in [2.45, 2.75) is 6.32 Å². The van der Waals surface area contributed by atoms with Crippen LogP contribution in [0.2, 0.25) is 6.32 Å². The summed E-state index contributed by atoms with van der Waals surface area (Å²) in [5.41, 5.74) is 5.62. The molecule has 1 aromatic rings. The van der Waals surface area contributed by atoms with Crippen molar-refractivity contribution in [1.29, 1.82) is 0 Å². The van der Waals surface area contributed by atoms with E-state index in [1.165, 1.54) is 0 Å². The molecular formula is C7H10BFN2O2. The lowest BCUT2D eigenvalue weighted by Gasteiger charge is -2.07. The van der Waals surface area contributed by atoms with Gasteiger partial charge in [-0.3, -0.25) is 0 Å². The van der Waals surface area contributed by atoms with Crippen molar-refractivity contribution >= 4 is 18.2 Å². The third-order valence-corrected chi connectivity index (χ3v) is 1.68. The first-order valence-corrected chi connectivity index (χ1v) is 3.85. The fourth-order valence-electron chi connectivity index (χ4n) is 1.01. The quantitative estimate of drug-likeness (QED) is 0.525. The highest BCUT2D eigenvalue weighted by Crippen LogP contribution is 2.00. The van der Waals surface area contributed by atoms with Gasteiger partial charge in [-0.2, -0.15) is 0 Å². The van der Waals surface area contributed by atoms with Gasteiger partial charge < -0.3 is 15.9 Å². The Bertz CT molecular complexity index is 298. The highest BCUT2D eigenvalue weighted by atomic mass is 19.1. The number of halogens is 1. The average Bonchev–Trinajstić information content (AvgIpc) is 2.09. The van der Waals surface area contributed by atoms with E-state index in [0.717, 1.165) is 12.3 Å². The SMILES string of the molecule is Nc1ncc(F)cc1B(O)CCO. The summed E-state index contributed by atoms with van der Waals surface area (Å²) < 4.78 is 12.7. The Hall–Kier alpha value is -1.14. The fourth-order valence-corrected chi connectivity index (χ4v) is 1.01. The molecule has 0 aliphatic rings. The van der Waals surface area contributed by atoms with E-state index in [0.29, 0.717) is 0 Å². The number of hydrogen-bond donors (Lipinski definition) is 3. The smallest absolute Gasteiger partial charge is 0.329 e. The van der Waals surface area contributed by atoms with Crippen LogP contribution in [0.5, 0.6) is 0 Å². The Morgan fingerprint density at radius 2 is 2.31 bits per heavy atom. The lowest BCUT2D eigenvalue weighted by atomic mass is 9.59. The van der Waals surface area contributed by atoms with Crippen LogP contribution in [-0.2, 0) is 0 Å². The molecule has 4 N–H and O–H groups in total. The van der Waals surface area contributed by atoms with Gasteiger partial charge in [0, 0.05) is 6.61 Å². The topological polar surface area (TPSA) is 79.4 Å². The van der Waals surface area contributed by atoms with Gasteiger partial charge in [0.15, 0.2) is 0 Å². The standard InChI is InChI=1S/C7H10BFN2O2/c9-5-3-6(7(10)11-4-5)8(13)1-2-12/h3-4,12-13H,1-2H2,(H2,10,11). The number of nitrogens with two attached hydrogens (primary N) is 1. The molecule has 1 heterocycles. The maximum Gasteiger partial charge on any atom is 0.329 e. The van der Waals surface area contributed by atoms with E-state index < -0.39 is 12.7 Å². The van der Waals surface area contributed by atoms with Gasteiger partial charge in [0.25, 0.3) is 0 Å². The highest BCUT2D eigenvalue weighted by molar-refractivity contribution is 6.67. The van der Waals surface area contributed by atoms with Crippen molar-refractivity contribution in [3.8, 4) is 0 Å². The summed E-state index contributed by atoms with van der Waals surface area (Å²) in [6, 6.07) is 1.11. The van der Waals surface area contributed by atoms with E-state index in [1.807, 2.05) is 0 Å². The maximum atomic E-state index is 12.7. The minimum atomic E-state index is -0.965. The molecule has 0 amide bonds. The predicted molar refractivity (Wildman–Crippen MR) is 48.1 cm³/mol. The zero-order chi connectivity index (χ0) is 9.84. The molecule has 0 fully saturated rings. The van der Waals surface area contributed by atoms with Crippen molar-refractivity contribution in [3.05, 3.63) is 18.1 Å². The minimum Gasteiger partial charge on any atom is -0.446 e. The number of aliphatic hydroxyl groups is 1. The zero-order valence-corrected chi connectivity index (χ0v) is 6.94. The highest BCUT2D eigenvalue weighted by Gasteiger charge is 2.17. The summed E-state index contributed by atoms with van der Waals surface area (Å²) in [4.78, 5) is 3.54. The molecule has 6 heteroatoms. The van der Waals surface area contributed by atoms with E-state index in [-0.39, 0.29) is 24.2 Å². The second-order valence-corrected chi connectivity index (χ2v) is 2.66. The fraction of sp³-hybridized carbons (Fsp3) is 0.286. The van der Waals surface area contributed by atoms with Crippen LogP contribution >= 0.6 is 0 Å². The molecule has 0 atom stereocenters. The molecule has 0 aliphatic heterocycles. The summed E-state index contributed by atoms with van der Waals surface area (Å²) in [6.07, 6.45) is 1.10. The van der Waals surface area contributed by atoms with Crippen LogP contribution in [0.3, 0.4) is 0 Å². The maximum absolute atomic E-state index is 12.7. The Labute approximate surface area is 75.3 Å². The van der Waals surface area contributed by atoms with E-state index >= 15 is 0 Å². The van der Waals surface area contributed by atoms with Gasteiger partial charge in [-0.25, -0.2) is 9.37 Å². The molecule has 70 valence electrons. The number of hydrogen-bond acceptors (Lipinski definition) is 4. The number of rotatable bonds is 3. The molecule has 0 aromatic carbocycles. The Kier molecular flexibility index (Phi) is 3.22. The molecule has 0 saturated heterocycles. The van der Waals surface area contributed by atoms with Crippen molar-refractivity contribution in [2.75, 3.05) is 12.3 Å². The summed E-state index contributed by atoms with van der Waals surface area (Å²) in [5.74, 6) is -0.469. The van der Waals surface area contributed by atoms with Crippen LogP contribution in [0.4, 0.5) is 10.2 Å². The van der Waals surface area contributed by atoms with Gasteiger partial charge in [0.1, 0.15) is 11.6 Å². The van der Waals surface area contributed by atoms with Gasteiger partial charge in [0.05, 0.1) is 6.20 Å². The number of aromatic nitrogens is 1. The predicted octanol–water partition coefficient (Wildman–Crippen LogP) is -1.01. The molecule has 4 nitrogen and oxygen atoms in total. The van der Waals surface area contributed by atoms with Crippen molar-refractivity contribution in [2.24, 2.45) is 0 Å². The number of pyridine rings is 1. The van der Waals surface area contributed by atoms with E-state index in [2.05, 4.69) is 4.98 Å². The largest absolute Gasteiger partial charge is 0.446 e. The molecule has 13 heavy (non-hydrogen) atoms. The van der Waals surface area contributed by atoms with Crippen molar-refractivity contribution in [3.63, 3.8) is 0 Å². The van der Waals surface area contributed by atoms with E-state index in [1.54, 1.807) is 0 Å². The van der Waals surface area contributed by atoms with Gasteiger partial charge >= 0.3 is 6.92 Å². The Balaban J connectivity index is 2.91. The molecular weight excluding hydrogens is 174 g/mol. The molecule has 0 spiro atoms. The van der Waals surface area contributed by atoms with Crippen LogP contribution in [0, 0.1) is 5.82 Å². The van der Waals surface area contributed by atoms with Crippen LogP contribution in [0.15, 0.2) is 12.3 Å². The molecule has 1 rings (SSSR count). The van der Waals surface area contributed by atoms with E-state index in [4.69, 9.17) is 10.8 Å². The normalized spacial score (nSPS) is 10.1. The number of nitrogen functional groups attached to an aromatic ring is 1. The first-order valence-electron chi connectivity index (χ1n) is 3.85. The zero-order valence-electron chi connectivity index (χ0n) is 6.94. The third kappa shape index (κ3) is 2.40. The van der Waals surface area contributed by atoms with Gasteiger partial charge in [0.2, 0.25) is 0 Å². The minimum absolute atomic E-state index is 0.0855. The van der Waals surface area contributed by atoms with Crippen LogP contribution < -0.4 is 11.2 Å². The molecule has 0 saturated carbocycles. The molecule has 0 unspecified atom stereocenters. The summed E-state index contributed by atoms with van der Waals surface area (Å²) in [5, 5.41) is 17.9. The third-order valence-electron chi connectivity index (χ3n) is 1.68. The second-order valence-electron chi connectivity index (χ2n) is 2.66. The Morgan fingerprint density at radius 1 is 1.62 bits per heavy atom. The number of aliphatic hydroxyl groups excluding tert-OH is 1. The molecule has 0 bridgehead atoms. The first kappa shape index (κ1) is 9.95. The molecule has 1 aromatic heterocycles. The van der Waals surface area contributed by atoms with Crippen LogP contribution in [0.1, 0.15) is 0 Å². The summed E-state index contributed by atoms with van der Waals surface area (Å²) in [6.45, 7) is -1.15. The number of nitrogens with zero attached hydrogens (tertiary/aromatic N) is 1. The van der Waals surface area contributed by atoms with Gasteiger partial charge in [-0.05, 0) is 17.8 Å². The lowest BCUT2D eigenvalue weighted by molar-refractivity contribution is 0.313. The monoisotopic (exact) mass is 184 g/mol. The average molecular weight is 184 g/mol. The summed E-state index contributed by atoms with van der Waals surface area (Å²) in [7, 11) is 0. The lowest BCUT2D eigenvalue weighted by Crippen LogP contribution is -2.34. The van der Waals surface area contributed by atoms with E-state index in [9.17, 15) is 9.41 Å². The van der Waals surface area contributed by atoms with Crippen LogP contribution in [-0.4, -0.2) is 28.6 Å². The first-order chi connectivity index (χ1) is 6.15. The van der Waals surface area contributed by atoms with Gasteiger partial charge in [-0.15, -0.1) is 0 Å². The Morgan fingerprint density at radius 3 is 2.92 bits per heavy atom. The number of anilines is 1. The van der Waals surface area contributed by atoms with Gasteiger partial charge in [-0.1, -0.05) is 0 Å². The van der Waals surface area contributed by atoms with Crippen LogP contribution in [0.25, 0.3) is 0 Å². The molecule has 0 aliphatic carbocycles. The summed E-state index contributed by atoms with van der Waals surface area (Å²) >= 11 is 0. The van der Waals surface area contributed by atoms with Crippen molar-refractivity contribution in [1.82, 2.24) is 4.98 Å². The van der Waals surface area contributed by atoms with Crippen molar-refractivity contribution < 1.29 is 14.5 Å². The molecule has 0 radical (unpaired) electrons. The second kappa shape index (κ2) is 4.20.